The van der Waals surface area contributed by atoms with E-state index in [1.165, 1.54) is 0 Å². The van der Waals surface area contributed by atoms with Crippen LogP contribution in [0.5, 0.6) is 0 Å². The summed E-state index contributed by atoms with van der Waals surface area (Å²) in [4.78, 5) is 18.2. The molecule has 7 nitrogen and oxygen atoms in total. The molecule has 1 amide bonds. The maximum absolute atomic E-state index is 11.5. The number of amides is 1. The average molecular weight is 333 g/mol. The van der Waals surface area contributed by atoms with Crippen molar-refractivity contribution in [3.05, 3.63) is 35.4 Å². The molecule has 0 atom stereocenters. The molecular formula is C17H27N5O2. The molecule has 0 aliphatic carbocycles. The molecule has 1 heterocycles. The number of morpholine rings is 1. The minimum atomic E-state index is -0.0912. The zero-order valence-electron chi connectivity index (χ0n) is 14.3. The van der Waals surface area contributed by atoms with Crippen LogP contribution in [0, 0.1) is 0 Å². The zero-order valence-corrected chi connectivity index (χ0v) is 14.3. The van der Waals surface area contributed by atoms with Gasteiger partial charge in [-0.15, -0.1) is 0 Å². The number of nitrogens with two attached hydrogens (primary N) is 1. The fourth-order valence-corrected chi connectivity index (χ4v) is 2.48. The number of rotatable bonds is 7. The Bertz CT molecular complexity index is 538. The molecule has 0 aromatic heterocycles. The summed E-state index contributed by atoms with van der Waals surface area (Å²) in [6.07, 6.45) is 1.02. The highest BCUT2D eigenvalue weighted by Crippen LogP contribution is 2.05. The van der Waals surface area contributed by atoms with Crippen molar-refractivity contribution < 1.29 is 9.53 Å². The molecule has 132 valence electrons. The van der Waals surface area contributed by atoms with Crippen molar-refractivity contribution in [1.82, 2.24) is 15.5 Å². The van der Waals surface area contributed by atoms with Gasteiger partial charge in [0.15, 0.2) is 5.96 Å². The topological polar surface area (TPSA) is 92.0 Å². The van der Waals surface area contributed by atoms with E-state index in [1.54, 1.807) is 19.2 Å². The van der Waals surface area contributed by atoms with E-state index in [4.69, 9.17) is 10.5 Å². The molecule has 1 fully saturated rings. The fraction of sp³-hybridized carbons (Fsp3) is 0.529. The Morgan fingerprint density at radius 2 is 2.00 bits per heavy atom. The lowest BCUT2D eigenvalue weighted by atomic mass is 10.1. The molecule has 1 aliphatic heterocycles. The molecule has 0 bridgehead atoms. The highest BCUT2D eigenvalue weighted by molar-refractivity contribution is 5.93. The van der Waals surface area contributed by atoms with Gasteiger partial charge in [-0.3, -0.25) is 9.69 Å². The van der Waals surface area contributed by atoms with Gasteiger partial charge in [-0.25, -0.2) is 4.99 Å². The first-order valence-electron chi connectivity index (χ1n) is 8.34. The third-order valence-corrected chi connectivity index (χ3v) is 3.94. The van der Waals surface area contributed by atoms with Gasteiger partial charge in [0, 0.05) is 32.2 Å². The number of nitrogens with zero attached hydrogens (tertiary/aromatic N) is 2. The van der Waals surface area contributed by atoms with Crippen LogP contribution in [0.3, 0.4) is 0 Å². The second kappa shape index (κ2) is 9.89. The summed E-state index contributed by atoms with van der Waals surface area (Å²) < 4.78 is 5.33. The molecule has 0 radical (unpaired) electrons. The molecule has 7 heteroatoms. The summed E-state index contributed by atoms with van der Waals surface area (Å²) in [6, 6.07) is 7.35. The van der Waals surface area contributed by atoms with Crippen LogP contribution in [-0.4, -0.2) is 63.2 Å². The van der Waals surface area contributed by atoms with Crippen LogP contribution in [0.1, 0.15) is 22.3 Å². The number of carbonyl (C=O) groups excluding carboxylic acids is 1. The fourth-order valence-electron chi connectivity index (χ4n) is 2.48. The highest BCUT2D eigenvalue weighted by Gasteiger charge is 2.09. The first-order valence-corrected chi connectivity index (χ1v) is 8.34. The maximum Gasteiger partial charge on any atom is 0.251 e. The van der Waals surface area contributed by atoms with Gasteiger partial charge in [-0.1, -0.05) is 12.1 Å². The van der Waals surface area contributed by atoms with Crippen molar-refractivity contribution in [2.45, 2.75) is 13.0 Å². The highest BCUT2D eigenvalue weighted by atomic mass is 16.5. The minimum absolute atomic E-state index is 0.0912. The summed E-state index contributed by atoms with van der Waals surface area (Å²) in [5.74, 6) is 0.360. The summed E-state index contributed by atoms with van der Waals surface area (Å²) in [6.45, 7) is 6.03. The second-order valence-corrected chi connectivity index (χ2v) is 5.71. The Morgan fingerprint density at radius 1 is 1.29 bits per heavy atom. The van der Waals surface area contributed by atoms with E-state index >= 15 is 0 Å². The Balaban J connectivity index is 1.66. The minimum Gasteiger partial charge on any atom is -0.379 e. The van der Waals surface area contributed by atoms with Crippen molar-refractivity contribution in [3.8, 4) is 0 Å². The van der Waals surface area contributed by atoms with Crippen molar-refractivity contribution in [1.29, 1.82) is 0 Å². The van der Waals surface area contributed by atoms with Gasteiger partial charge < -0.3 is 21.1 Å². The molecule has 1 aromatic carbocycles. The number of carbonyl (C=O) groups is 1. The predicted octanol–water partition coefficient (Wildman–Crippen LogP) is 0.173. The molecular weight excluding hydrogens is 306 g/mol. The number of hydrogen-bond donors (Lipinski definition) is 3. The third-order valence-electron chi connectivity index (χ3n) is 3.94. The predicted molar refractivity (Wildman–Crippen MR) is 95.0 cm³/mol. The molecule has 24 heavy (non-hydrogen) atoms. The molecule has 0 spiro atoms. The number of guanidine groups is 1. The molecule has 0 saturated carbocycles. The monoisotopic (exact) mass is 333 g/mol. The lowest BCUT2D eigenvalue weighted by molar-refractivity contribution is 0.0376. The van der Waals surface area contributed by atoms with Gasteiger partial charge in [-0.05, 0) is 30.7 Å². The van der Waals surface area contributed by atoms with Crippen LogP contribution in [0.4, 0.5) is 0 Å². The van der Waals surface area contributed by atoms with Crippen LogP contribution < -0.4 is 16.4 Å². The normalized spacial score (nSPS) is 16.0. The second-order valence-electron chi connectivity index (χ2n) is 5.71. The van der Waals surface area contributed by atoms with Crippen LogP contribution >= 0.6 is 0 Å². The van der Waals surface area contributed by atoms with E-state index in [9.17, 15) is 4.79 Å². The summed E-state index contributed by atoms with van der Waals surface area (Å²) >= 11 is 0. The number of ether oxygens (including phenoxy) is 1. The number of nitrogens with one attached hydrogen (secondary N) is 2. The van der Waals surface area contributed by atoms with E-state index in [0.717, 1.165) is 51.4 Å². The first kappa shape index (κ1) is 18.2. The quantitative estimate of drug-likeness (QED) is 0.376. The summed E-state index contributed by atoms with van der Waals surface area (Å²) in [5.41, 5.74) is 7.53. The summed E-state index contributed by atoms with van der Waals surface area (Å²) in [5, 5.41) is 5.73. The van der Waals surface area contributed by atoms with Gasteiger partial charge in [-0.2, -0.15) is 0 Å². The lowest BCUT2D eigenvalue weighted by Gasteiger charge is -2.26. The molecule has 2 rings (SSSR count). The number of benzene rings is 1. The average Bonchev–Trinajstić information content (AvgIpc) is 2.64. The molecule has 1 aliphatic rings. The number of hydrogen-bond acceptors (Lipinski definition) is 4. The van der Waals surface area contributed by atoms with Gasteiger partial charge in [0.05, 0.1) is 19.8 Å². The number of aliphatic imine (C=N–C) groups is 1. The maximum atomic E-state index is 11.5. The largest absolute Gasteiger partial charge is 0.379 e. The van der Waals surface area contributed by atoms with Crippen molar-refractivity contribution >= 4 is 11.9 Å². The van der Waals surface area contributed by atoms with E-state index in [2.05, 4.69) is 20.5 Å². The van der Waals surface area contributed by atoms with Gasteiger partial charge in [0.25, 0.3) is 5.91 Å². The first-order chi connectivity index (χ1) is 11.7. The zero-order chi connectivity index (χ0) is 17.2. The molecule has 1 saturated heterocycles. The Hall–Kier alpha value is -2.12. The van der Waals surface area contributed by atoms with E-state index in [-0.39, 0.29) is 5.91 Å². The molecule has 4 N–H and O–H groups in total. The van der Waals surface area contributed by atoms with E-state index in [0.29, 0.717) is 18.1 Å². The van der Waals surface area contributed by atoms with Gasteiger partial charge in [0.2, 0.25) is 0 Å². The van der Waals surface area contributed by atoms with Crippen molar-refractivity contribution in [3.63, 3.8) is 0 Å². The van der Waals surface area contributed by atoms with E-state index in [1.807, 2.05) is 12.1 Å². The lowest BCUT2D eigenvalue weighted by Crippen LogP contribution is -2.39. The van der Waals surface area contributed by atoms with E-state index < -0.39 is 0 Å². The third kappa shape index (κ3) is 6.17. The Morgan fingerprint density at radius 3 is 2.67 bits per heavy atom. The standard InChI is InChI=1S/C17H27N5O2/c1-19-16(23)15-5-3-14(4-6-15)13-21-17(18)20-7-2-8-22-9-11-24-12-10-22/h3-6H,2,7-13H2,1H3,(H,19,23)(H3,18,20,21). The Labute approximate surface area is 143 Å². The molecule has 0 unspecified atom stereocenters. The van der Waals surface area contributed by atoms with Crippen LogP contribution in [0.15, 0.2) is 29.3 Å². The van der Waals surface area contributed by atoms with Crippen LogP contribution in [-0.2, 0) is 11.3 Å². The Kier molecular flexibility index (Phi) is 7.51. The van der Waals surface area contributed by atoms with Crippen LogP contribution in [0.25, 0.3) is 0 Å². The summed E-state index contributed by atoms with van der Waals surface area (Å²) in [7, 11) is 1.62. The molecule has 1 aromatic rings. The van der Waals surface area contributed by atoms with Crippen LogP contribution in [0.2, 0.25) is 0 Å². The SMILES string of the molecule is CNC(=O)c1ccc(CN=C(N)NCCCN2CCOCC2)cc1. The van der Waals surface area contributed by atoms with Gasteiger partial charge in [0.1, 0.15) is 0 Å². The van der Waals surface area contributed by atoms with Gasteiger partial charge >= 0.3 is 0 Å². The van der Waals surface area contributed by atoms with Crippen molar-refractivity contribution in [2.75, 3.05) is 46.4 Å². The smallest absolute Gasteiger partial charge is 0.251 e. The van der Waals surface area contributed by atoms with Crippen molar-refractivity contribution in [2.24, 2.45) is 10.7 Å².